The number of hydrogen-bond acceptors (Lipinski definition) is 3. The SMILES string of the molecule is CCCC(=O)N1CCC(N2CCNCC2)CC1(C)C. The first-order valence-corrected chi connectivity index (χ1v) is 7.80. The molecule has 0 spiro atoms. The molecule has 2 fully saturated rings. The molecule has 0 radical (unpaired) electrons. The Balaban J connectivity index is 1.95. The van der Waals surface area contributed by atoms with Crippen molar-refractivity contribution in [3.8, 4) is 0 Å². The Labute approximate surface area is 117 Å². The fourth-order valence-corrected chi connectivity index (χ4v) is 3.54. The maximum absolute atomic E-state index is 12.2. The highest BCUT2D eigenvalue weighted by atomic mass is 16.2. The second-order valence-corrected chi connectivity index (χ2v) is 6.54. The van der Waals surface area contributed by atoms with E-state index in [2.05, 4.69) is 35.9 Å². The molecule has 2 rings (SSSR count). The Morgan fingerprint density at radius 1 is 1.26 bits per heavy atom. The van der Waals surface area contributed by atoms with E-state index >= 15 is 0 Å². The molecule has 0 aliphatic carbocycles. The monoisotopic (exact) mass is 267 g/mol. The van der Waals surface area contributed by atoms with Gasteiger partial charge in [-0.1, -0.05) is 6.92 Å². The summed E-state index contributed by atoms with van der Waals surface area (Å²) in [6.45, 7) is 12.0. The number of nitrogens with zero attached hydrogens (tertiary/aromatic N) is 2. The van der Waals surface area contributed by atoms with Gasteiger partial charge in [0.25, 0.3) is 0 Å². The Kier molecular flexibility index (Phi) is 4.85. The van der Waals surface area contributed by atoms with Crippen LogP contribution in [0, 0.1) is 0 Å². The number of piperazine rings is 1. The standard InChI is InChI=1S/C15H29N3O/c1-4-5-14(19)18-9-6-13(12-15(18,2)3)17-10-7-16-8-11-17/h13,16H,4-12H2,1-3H3. The molecule has 0 aromatic rings. The van der Waals surface area contributed by atoms with Gasteiger partial charge in [0.1, 0.15) is 0 Å². The van der Waals surface area contributed by atoms with Crippen molar-refractivity contribution in [1.29, 1.82) is 0 Å². The smallest absolute Gasteiger partial charge is 0.222 e. The van der Waals surface area contributed by atoms with Crippen LogP contribution >= 0.6 is 0 Å². The number of carbonyl (C=O) groups excluding carboxylic acids is 1. The van der Waals surface area contributed by atoms with Crippen LogP contribution in [0.5, 0.6) is 0 Å². The number of hydrogen-bond donors (Lipinski definition) is 1. The summed E-state index contributed by atoms with van der Waals surface area (Å²) in [7, 11) is 0. The van der Waals surface area contributed by atoms with Crippen molar-refractivity contribution < 1.29 is 4.79 Å². The van der Waals surface area contributed by atoms with Gasteiger partial charge in [-0.3, -0.25) is 9.69 Å². The van der Waals surface area contributed by atoms with Gasteiger partial charge in [0.15, 0.2) is 0 Å². The molecule has 2 aliphatic rings. The van der Waals surface area contributed by atoms with E-state index in [9.17, 15) is 4.79 Å². The van der Waals surface area contributed by atoms with Gasteiger partial charge in [-0.25, -0.2) is 0 Å². The fraction of sp³-hybridized carbons (Fsp3) is 0.933. The minimum Gasteiger partial charge on any atom is -0.337 e. The third kappa shape index (κ3) is 3.48. The predicted molar refractivity (Wildman–Crippen MR) is 78.2 cm³/mol. The minimum absolute atomic E-state index is 0.0139. The number of nitrogens with one attached hydrogen (secondary N) is 1. The van der Waals surface area contributed by atoms with Gasteiger partial charge in [0.2, 0.25) is 5.91 Å². The van der Waals surface area contributed by atoms with Gasteiger partial charge in [-0.05, 0) is 33.1 Å². The van der Waals surface area contributed by atoms with Crippen LogP contribution in [-0.2, 0) is 4.79 Å². The van der Waals surface area contributed by atoms with Crippen LogP contribution in [0.2, 0.25) is 0 Å². The van der Waals surface area contributed by atoms with Crippen LogP contribution in [0.4, 0.5) is 0 Å². The predicted octanol–water partition coefficient (Wildman–Crippen LogP) is 1.46. The molecule has 2 heterocycles. The van der Waals surface area contributed by atoms with E-state index in [0.29, 0.717) is 18.4 Å². The number of rotatable bonds is 3. The Bertz CT molecular complexity index is 311. The number of piperidine rings is 1. The summed E-state index contributed by atoms with van der Waals surface area (Å²) in [5.41, 5.74) is 0.0139. The second kappa shape index (κ2) is 6.23. The van der Waals surface area contributed by atoms with E-state index in [0.717, 1.165) is 52.0 Å². The quantitative estimate of drug-likeness (QED) is 0.841. The molecule has 1 amide bonds. The number of carbonyl (C=O) groups is 1. The zero-order valence-corrected chi connectivity index (χ0v) is 12.7. The summed E-state index contributed by atoms with van der Waals surface area (Å²) in [5, 5.41) is 3.41. The van der Waals surface area contributed by atoms with Crippen molar-refractivity contribution in [1.82, 2.24) is 15.1 Å². The van der Waals surface area contributed by atoms with Crippen molar-refractivity contribution in [2.24, 2.45) is 0 Å². The highest BCUT2D eigenvalue weighted by Gasteiger charge is 2.39. The lowest BCUT2D eigenvalue weighted by Crippen LogP contribution is -2.59. The van der Waals surface area contributed by atoms with Crippen molar-refractivity contribution in [2.75, 3.05) is 32.7 Å². The van der Waals surface area contributed by atoms with Crippen molar-refractivity contribution in [2.45, 2.75) is 58.0 Å². The molecule has 110 valence electrons. The van der Waals surface area contributed by atoms with Gasteiger partial charge >= 0.3 is 0 Å². The Morgan fingerprint density at radius 3 is 2.53 bits per heavy atom. The second-order valence-electron chi connectivity index (χ2n) is 6.54. The van der Waals surface area contributed by atoms with Crippen LogP contribution in [-0.4, -0.2) is 60.0 Å². The normalized spacial score (nSPS) is 28.4. The molecular weight excluding hydrogens is 238 g/mol. The zero-order chi connectivity index (χ0) is 13.9. The molecular formula is C15H29N3O. The van der Waals surface area contributed by atoms with Crippen LogP contribution in [0.1, 0.15) is 46.5 Å². The fourth-order valence-electron chi connectivity index (χ4n) is 3.54. The topological polar surface area (TPSA) is 35.6 Å². The van der Waals surface area contributed by atoms with Crippen LogP contribution in [0.25, 0.3) is 0 Å². The molecule has 0 saturated carbocycles. The Hall–Kier alpha value is -0.610. The largest absolute Gasteiger partial charge is 0.337 e. The average Bonchev–Trinajstić information content (AvgIpc) is 2.38. The molecule has 19 heavy (non-hydrogen) atoms. The summed E-state index contributed by atoms with van der Waals surface area (Å²) >= 11 is 0. The van der Waals surface area contributed by atoms with E-state index in [1.807, 2.05) is 0 Å². The molecule has 4 heteroatoms. The third-order valence-electron chi connectivity index (χ3n) is 4.58. The summed E-state index contributed by atoms with van der Waals surface area (Å²) in [5.74, 6) is 0.339. The highest BCUT2D eigenvalue weighted by molar-refractivity contribution is 5.77. The lowest BCUT2D eigenvalue weighted by Gasteiger charge is -2.49. The lowest BCUT2D eigenvalue weighted by molar-refractivity contribution is -0.140. The molecule has 0 bridgehead atoms. The first-order chi connectivity index (χ1) is 9.04. The van der Waals surface area contributed by atoms with Crippen LogP contribution in [0.15, 0.2) is 0 Å². The minimum atomic E-state index is 0.0139. The van der Waals surface area contributed by atoms with Crippen LogP contribution < -0.4 is 5.32 Å². The maximum Gasteiger partial charge on any atom is 0.222 e. The van der Waals surface area contributed by atoms with Crippen molar-refractivity contribution >= 4 is 5.91 Å². The van der Waals surface area contributed by atoms with E-state index in [1.54, 1.807) is 0 Å². The summed E-state index contributed by atoms with van der Waals surface area (Å²) in [6.07, 6.45) is 3.90. The zero-order valence-electron chi connectivity index (χ0n) is 12.7. The maximum atomic E-state index is 12.2. The molecule has 1 N–H and O–H groups in total. The Morgan fingerprint density at radius 2 is 1.95 bits per heavy atom. The van der Waals surface area contributed by atoms with E-state index < -0.39 is 0 Å². The molecule has 0 aromatic heterocycles. The first-order valence-electron chi connectivity index (χ1n) is 7.80. The van der Waals surface area contributed by atoms with E-state index in [-0.39, 0.29) is 5.54 Å². The van der Waals surface area contributed by atoms with Crippen molar-refractivity contribution in [3.05, 3.63) is 0 Å². The van der Waals surface area contributed by atoms with Gasteiger partial charge in [-0.2, -0.15) is 0 Å². The molecule has 4 nitrogen and oxygen atoms in total. The highest BCUT2D eigenvalue weighted by Crippen LogP contribution is 2.31. The summed E-state index contributed by atoms with van der Waals surface area (Å²) in [4.78, 5) is 16.9. The van der Waals surface area contributed by atoms with E-state index in [4.69, 9.17) is 0 Å². The van der Waals surface area contributed by atoms with Crippen molar-refractivity contribution in [3.63, 3.8) is 0 Å². The number of amides is 1. The molecule has 1 atom stereocenters. The molecule has 2 aliphatic heterocycles. The molecule has 1 unspecified atom stereocenters. The third-order valence-corrected chi connectivity index (χ3v) is 4.58. The summed E-state index contributed by atoms with van der Waals surface area (Å²) < 4.78 is 0. The summed E-state index contributed by atoms with van der Waals surface area (Å²) in [6, 6.07) is 0.655. The number of likely N-dealkylation sites (tertiary alicyclic amines) is 1. The van der Waals surface area contributed by atoms with Gasteiger partial charge in [-0.15, -0.1) is 0 Å². The van der Waals surface area contributed by atoms with Gasteiger partial charge < -0.3 is 10.2 Å². The van der Waals surface area contributed by atoms with E-state index in [1.165, 1.54) is 0 Å². The molecule has 2 saturated heterocycles. The van der Waals surface area contributed by atoms with Gasteiger partial charge in [0, 0.05) is 50.7 Å². The molecule has 0 aromatic carbocycles. The average molecular weight is 267 g/mol. The van der Waals surface area contributed by atoms with Gasteiger partial charge in [0.05, 0.1) is 0 Å². The first kappa shape index (κ1) is 14.8. The van der Waals surface area contributed by atoms with Crippen LogP contribution in [0.3, 0.4) is 0 Å². The lowest BCUT2D eigenvalue weighted by atomic mass is 9.85.